The van der Waals surface area contributed by atoms with Crippen LogP contribution in [0.3, 0.4) is 0 Å². The Morgan fingerprint density at radius 1 is 0.982 bits per heavy atom. The van der Waals surface area contributed by atoms with E-state index >= 15 is 0 Å². The van der Waals surface area contributed by atoms with Crippen LogP contribution in [0.2, 0.25) is 18.1 Å². The Labute approximate surface area is 342 Å². The monoisotopic (exact) mass is 817 g/mol. The number of methoxy groups -OCH3 is 1. The molecule has 0 bridgehead atoms. The number of ether oxygens (including phenoxy) is 1. The van der Waals surface area contributed by atoms with E-state index in [0.717, 1.165) is 61.6 Å². The lowest BCUT2D eigenvalue weighted by molar-refractivity contribution is -0.462. The Kier molecular flexibility index (Phi) is 10.8. The number of fused-ring (bicyclic) bond motifs is 3. The van der Waals surface area contributed by atoms with Crippen LogP contribution in [0.15, 0.2) is 95.7 Å². The van der Waals surface area contributed by atoms with Gasteiger partial charge in [-0.3, -0.25) is 14.2 Å². The number of aryl methyl sites for hydroxylation is 1. The lowest BCUT2D eigenvalue weighted by Crippen LogP contribution is -2.49. The molecule has 1 aliphatic carbocycles. The quantitative estimate of drug-likeness (QED) is 0.0843. The molecule has 2 aromatic heterocycles. The van der Waals surface area contributed by atoms with Crippen molar-refractivity contribution in [3.8, 4) is 5.75 Å². The van der Waals surface area contributed by atoms with Gasteiger partial charge in [-0.15, -0.1) is 11.3 Å². The molecule has 0 spiro atoms. The molecular weight excluding hydrogens is 772 g/mol. The van der Waals surface area contributed by atoms with E-state index < -0.39 is 14.0 Å². The molecule has 0 unspecified atom stereocenters. The minimum atomic E-state index is -2.25. The molecule has 0 atom stereocenters. The molecule has 2 aliphatic rings. The zero-order valence-corrected chi connectivity index (χ0v) is 36.0. The van der Waals surface area contributed by atoms with E-state index in [-0.39, 0.29) is 16.7 Å². The van der Waals surface area contributed by atoms with Gasteiger partial charge in [0, 0.05) is 65.7 Å². The van der Waals surface area contributed by atoms with Gasteiger partial charge in [-0.05, 0) is 119 Å². The van der Waals surface area contributed by atoms with Gasteiger partial charge in [0.1, 0.15) is 32.8 Å². The Hall–Kier alpha value is -5.49. The van der Waals surface area contributed by atoms with Crippen LogP contribution < -0.4 is 20.1 Å². The lowest BCUT2D eigenvalue weighted by atomic mass is 9.89. The van der Waals surface area contributed by atoms with Crippen molar-refractivity contribution in [1.82, 2.24) is 9.88 Å². The summed E-state index contributed by atoms with van der Waals surface area (Å²) in [6, 6.07) is 20.7. The molecular formula is C45H46ClN4O5SSi+. The number of hydrogen-bond acceptors (Lipinski definition) is 6. The predicted molar refractivity (Wildman–Crippen MR) is 235 cm³/mol. The maximum atomic E-state index is 13.8. The number of allylic oxidation sites excluding steroid dienone is 5. The highest BCUT2D eigenvalue weighted by Crippen LogP contribution is 2.44. The molecule has 7 rings (SSSR count). The summed E-state index contributed by atoms with van der Waals surface area (Å²) in [5.41, 5.74) is 8.65. The average Bonchev–Trinajstić information content (AvgIpc) is 3.75. The van der Waals surface area contributed by atoms with Gasteiger partial charge >= 0.3 is 5.97 Å². The molecule has 0 radical (unpaired) electrons. The number of rotatable bonds is 10. The van der Waals surface area contributed by atoms with Gasteiger partial charge in [-0.2, -0.15) is 0 Å². The Morgan fingerprint density at radius 3 is 2.39 bits per heavy atom. The molecule has 57 heavy (non-hydrogen) atoms. The number of carbonyl (C=O) groups is 3. The van der Waals surface area contributed by atoms with Crippen molar-refractivity contribution in [3.63, 3.8) is 0 Å². The number of halogens is 1. The van der Waals surface area contributed by atoms with Gasteiger partial charge in [0.15, 0.2) is 5.71 Å². The zero-order chi connectivity index (χ0) is 40.9. The van der Waals surface area contributed by atoms with E-state index in [2.05, 4.69) is 64.3 Å². The van der Waals surface area contributed by atoms with E-state index in [4.69, 9.17) is 16.3 Å². The standard InChI is InChI=1S/C45H45ClN4O5SSi/c1-26-32(35-24-31(55-6)17-20-37(35)50(26)44(52)27-11-13-28(46)14-12-27)10-9-21-47-43(51)38-25-36(42(56-38)45(53)54)41-33-18-15-29(48(2)3)22-39(33)57(7,8)40-23-30(49(4)5)16-19-34(40)41/h11-20,22-25H,9-10,21H2,1-8H3,(H-,47,51,53,54)/p+1. The fourth-order valence-corrected chi connectivity index (χ4v) is 12.1. The van der Waals surface area contributed by atoms with Crippen molar-refractivity contribution >= 4 is 81.9 Å². The Balaban J connectivity index is 1.19. The SMILES string of the molecule is COc1ccc2c(c1)c(CCCNC(=O)c1cc(C3=C4C=CC(=[N+](C)C)C=C4[Si](C)(C)c4cc(N(C)C)ccc43)c(C(=O)O)s1)c(C)n2C(=O)c1ccc(Cl)cc1. The highest BCUT2D eigenvalue weighted by molar-refractivity contribution is 7.16. The van der Waals surface area contributed by atoms with E-state index in [1.807, 2.05) is 53.3 Å². The lowest BCUT2D eigenvalue weighted by Gasteiger charge is -2.38. The van der Waals surface area contributed by atoms with Crippen molar-refractivity contribution in [2.24, 2.45) is 0 Å². The molecule has 1 aliphatic heterocycles. The summed E-state index contributed by atoms with van der Waals surface area (Å²) in [7, 11) is 7.45. The first-order valence-electron chi connectivity index (χ1n) is 18.8. The van der Waals surface area contributed by atoms with Crippen molar-refractivity contribution in [3.05, 3.63) is 138 Å². The van der Waals surface area contributed by atoms with Crippen molar-refractivity contribution in [2.45, 2.75) is 32.9 Å². The highest BCUT2D eigenvalue weighted by atomic mass is 35.5. The second kappa shape index (κ2) is 15.5. The van der Waals surface area contributed by atoms with E-state index in [1.165, 1.54) is 10.4 Å². The molecule has 0 saturated heterocycles. The summed E-state index contributed by atoms with van der Waals surface area (Å²) in [5.74, 6) is -0.883. The number of amides is 1. The molecule has 12 heteroatoms. The first-order valence-corrected chi connectivity index (χ1v) is 23.0. The topological polar surface area (TPSA) is 104 Å². The number of carboxylic acid groups (broad SMARTS) is 1. The number of benzene rings is 3. The van der Waals surface area contributed by atoms with E-state index in [0.29, 0.717) is 46.2 Å². The van der Waals surface area contributed by atoms with Crippen molar-refractivity contribution < 1.29 is 28.8 Å². The second-order valence-corrected chi connectivity index (χ2v) is 21.2. The van der Waals surface area contributed by atoms with E-state index in [1.54, 1.807) is 42.0 Å². The number of carbonyl (C=O) groups excluding carboxylic acids is 2. The first-order chi connectivity index (χ1) is 27.1. The minimum Gasteiger partial charge on any atom is -0.497 e. The molecule has 9 nitrogen and oxygen atoms in total. The van der Waals surface area contributed by atoms with Crippen molar-refractivity contribution in [2.75, 3.05) is 46.7 Å². The highest BCUT2D eigenvalue weighted by Gasteiger charge is 2.41. The van der Waals surface area contributed by atoms with Gasteiger partial charge in [-0.1, -0.05) is 30.8 Å². The second-order valence-electron chi connectivity index (χ2n) is 15.4. The minimum absolute atomic E-state index is 0.129. The molecule has 0 fully saturated rings. The molecule has 0 saturated carbocycles. The number of hydrogen-bond donors (Lipinski definition) is 2. The third-order valence-electron chi connectivity index (χ3n) is 11.1. The van der Waals surface area contributed by atoms with Gasteiger partial charge in [0.05, 0.1) is 17.5 Å². The smallest absolute Gasteiger partial charge is 0.346 e. The molecule has 2 N–H and O–H groups in total. The molecule has 3 heterocycles. The van der Waals surface area contributed by atoms with Crippen LogP contribution in [0.5, 0.6) is 5.75 Å². The third-order valence-corrected chi connectivity index (χ3v) is 16.0. The van der Waals surface area contributed by atoms with Crippen LogP contribution in [-0.2, 0) is 6.42 Å². The summed E-state index contributed by atoms with van der Waals surface area (Å²) in [6.07, 6.45) is 7.60. The number of aromatic carboxylic acids is 1. The summed E-state index contributed by atoms with van der Waals surface area (Å²) < 4.78 is 9.34. The molecule has 5 aromatic rings. The van der Waals surface area contributed by atoms with Crippen LogP contribution in [0.4, 0.5) is 5.69 Å². The number of carboxylic acids is 1. The summed E-state index contributed by atoms with van der Waals surface area (Å²) in [5, 5.41) is 17.5. The van der Waals surface area contributed by atoms with Crippen LogP contribution in [0.1, 0.15) is 58.5 Å². The van der Waals surface area contributed by atoms with Crippen LogP contribution in [0, 0.1) is 6.92 Å². The third kappa shape index (κ3) is 7.20. The number of nitrogens with zero attached hydrogens (tertiary/aromatic N) is 3. The number of anilines is 1. The fourth-order valence-electron chi connectivity index (χ4n) is 7.96. The van der Waals surface area contributed by atoms with Gasteiger partial charge < -0.3 is 20.1 Å². The maximum Gasteiger partial charge on any atom is 0.346 e. The summed E-state index contributed by atoms with van der Waals surface area (Å²) in [4.78, 5) is 43.0. The predicted octanol–water partition coefficient (Wildman–Crippen LogP) is 7.97. The average molecular weight is 818 g/mol. The number of aromatic nitrogens is 1. The summed E-state index contributed by atoms with van der Waals surface area (Å²) >= 11 is 7.10. The molecule has 292 valence electrons. The normalized spacial score (nSPS) is 14.3. The van der Waals surface area contributed by atoms with Crippen molar-refractivity contribution in [1.29, 1.82) is 0 Å². The van der Waals surface area contributed by atoms with Gasteiger partial charge in [-0.25, -0.2) is 9.37 Å². The van der Waals surface area contributed by atoms with Gasteiger partial charge in [0.2, 0.25) is 0 Å². The molecule has 3 aromatic carbocycles. The van der Waals surface area contributed by atoms with Gasteiger partial charge in [0.25, 0.3) is 11.8 Å². The number of nitrogens with one attached hydrogen (secondary N) is 1. The largest absolute Gasteiger partial charge is 0.497 e. The van der Waals surface area contributed by atoms with Crippen LogP contribution in [-0.4, -0.2) is 87.7 Å². The summed E-state index contributed by atoms with van der Waals surface area (Å²) in [6.45, 7) is 6.97. The number of thiophene rings is 1. The maximum absolute atomic E-state index is 13.8. The first kappa shape index (κ1) is 39.7. The fraction of sp³-hybridized carbons (Fsp3) is 0.244. The van der Waals surface area contributed by atoms with Crippen LogP contribution in [0.25, 0.3) is 16.5 Å². The Morgan fingerprint density at radius 2 is 1.72 bits per heavy atom. The zero-order valence-electron chi connectivity index (χ0n) is 33.4. The van der Waals surface area contributed by atoms with E-state index in [9.17, 15) is 19.5 Å². The molecule has 1 amide bonds. The van der Waals surface area contributed by atoms with Crippen LogP contribution >= 0.6 is 22.9 Å². The Bertz CT molecular complexity index is 2620.